The second-order valence-corrected chi connectivity index (χ2v) is 6.26. The predicted molar refractivity (Wildman–Crippen MR) is 121 cm³/mol. The Kier molecular flexibility index (Phi) is 5.54. The molecule has 0 saturated heterocycles. The van der Waals surface area contributed by atoms with Crippen LogP contribution < -0.4 is 5.32 Å². The van der Waals surface area contributed by atoms with Gasteiger partial charge in [-0.2, -0.15) is 0 Å². The zero-order valence-electron chi connectivity index (χ0n) is 30.6. The monoisotopic (exact) mass is 429 g/mol. The number of nitrogens with one attached hydrogen (secondary N) is 1. The van der Waals surface area contributed by atoms with E-state index in [9.17, 15) is 15.3 Å². The number of ether oxygens (including phenoxy) is 1. The van der Waals surface area contributed by atoms with Gasteiger partial charge in [0.15, 0.2) is 0 Å². The molecule has 5 heteroatoms. The first-order valence-corrected chi connectivity index (χ1v) is 9.59. The van der Waals surface area contributed by atoms with Gasteiger partial charge >= 0.3 is 0 Å². The van der Waals surface area contributed by atoms with Gasteiger partial charge in [-0.1, -0.05) is 49.2 Å². The van der Waals surface area contributed by atoms with Gasteiger partial charge in [-0.3, -0.25) is 0 Å². The topological polar surface area (TPSA) is 82.0 Å². The molecule has 0 radical (unpaired) electrons. The minimum Gasteiger partial charge on any atom is -0.508 e. The van der Waals surface area contributed by atoms with E-state index in [1.54, 1.807) is 0 Å². The highest BCUT2D eigenvalue weighted by Gasteiger charge is 2.09. The first kappa shape index (κ1) is 11.1. The first-order valence-electron chi connectivity index (χ1n) is 16.6. The third-order valence-corrected chi connectivity index (χ3v) is 3.95. The van der Waals surface area contributed by atoms with E-state index in [1.165, 1.54) is 0 Å². The molecule has 0 spiro atoms. The van der Waals surface area contributed by atoms with E-state index in [0.717, 1.165) is 12.0 Å². The molecule has 0 heterocycles. The zero-order valence-corrected chi connectivity index (χ0v) is 16.6. The number of benzene rings is 2. The van der Waals surface area contributed by atoms with Gasteiger partial charge in [0.05, 0.1) is 23.6 Å². The van der Waals surface area contributed by atoms with Crippen LogP contribution in [0.3, 0.4) is 0 Å². The lowest BCUT2D eigenvalue weighted by Crippen LogP contribution is -2.22. The second-order valence-electron chi connectivity index (χ2n) is 6.26. The summed E-state index contributed by atoms with van der Waals surface area (Å²) in [6.45, 7) is -10.7. The van der Waals surface area contributed by atoms with Crippen molar-refractivity contribution < 1.29 is 39.2 Å². The van der Waals surface area contributed by atoms with Crippen molar-refractivity contribution in [1.29, 1.82) is 0 Å². The van der Waals surface area contributed by atoms with E-state index in [2.05, 4.69) is 0 Å². The molecule has 0 aliphatic carbocycles. The smallest absolute Gasteiger partial charge is 0.121 e. The van der Waals surface area contributed by atoms with Gasteiger partial charge < -0.3 is 25.4 Å². The molecule has 0 amide bonds. The Morgan fingerprint density at radius 2 is 1.90 bits per heavy atom. The predicted octanol–water partition coefficient (Wildman–Crippen LogP) is 4.11. The Balaban J connectivity index is 2.08. The summed E-state index contributed by atoms with van der Waals surface area (Å²) in [4.78, 5) is 0. The van der Waals surface area contributed by atoms with Crippen LogP contribution in [0.5, 0.6) is 5.75 Å². The summed E-state index contributed by atoms with van der Waals surface area (Å²) < 4.78 is 117. The second kappa shape index (κ2) is 15.0. The summed E-state index contributed by atoms with van der Waals surface area (Å²) in [6.07, 6.45) is -8.75. The Morgan fingerprint density at radius 3 is 2.70 bits per heavy atom. The van der Waals surface area contributed by atoms with Crippen molar-refractivity contribution in [2.45, 2.75) is 57.5 Å². The summed E-state index contributed by atoms with van der Waals surface area (Å²) >= 11 is 0. The maximum Gasteiger partial charge on any atom is 0.121 e. The SMILES string of the molecule is [2H]c1c([2H])c(C([2H])(O)CNC([2H])([2H])C([2H])([2H])CCC([2H])([2H])C([2H])([2H])OCCCCc2ccccc2)c([2H])c(C([2H])([2H])O)c1O. The molecule has 0 saturated carbocycles. The molecule has 2 aromatic carbocycles. The van der Waals surface area contributed by atoms with E-state index in [1.807, 2.05) is 35.6 Å². The Hall–Kier alpha value is -1.92. The van der Waals surface area contributed by atoms with Gasteiger partial charge in [0.1, 0.15) is 5.75 Å². The number of aryl methyl sites for hydroxylation is 1. The van der Waals surface area contributed by atoms with Gasteiger partial charge in [0.25, 0.3) is 0 Å². The van der Waals surface area contributed by atoms with Crippen molar-refractivity contribution in [3.63, 3.8) is 0 Å². The summed E-state index contributed by atoms with van der Waals surface area (Å²) in [7, 11) is 0. The molecule has 2 aromatic rings. The fraction of sp³-hybridized carbons (Fsp3) is 0.520. The average molecular weight is 430 g/mol. The Labute approximate surface area is 200 Å². The van der Waals surface area contributed by atoms with Crippen molar-refractivity contribution in [3.8, 4) is 5.75 Å². The van der Waals surface area contributed by atoms with E-state index in [-0.39, 0.29) is 6.61 Å². The number of unbranched alkanes of at least 4 members (excludes halogenated alkanes) is 1. The lowest BCUT2D eigenvalue weighted by molar-refractivity contribution is 0.126. The number of aromatic hydroxyl groups is 1. The lowest BCUT2D eigenvalue weighted by atomic mass is 10.1. The molecular weight excluding hydrogens is 378 g/mol. The van der Waals surface area contributed by atoms with E-state index in [4.69, 9.17) is 23.9 Å². The molecule has 4 N–H and O–H groups in total. The van der Waals surface area contributed by atoms with Crippen LogP contribution >= 0.6 is 0 Å². The molecule has 5 nitrogen and oxygen atoms in total. The first-order chi connectivity index (χ1) is 19.9. The van der Waals surface area contributed by atoms with Gasteiger partial charge in [-0.15, -0.1) is 0 Å². The van der Waals surface area contributed by atoms with Crippen molar-refractivity contribution in [2.75, 3.05) is 26.2 Å². The molecule has 0 aliphatic rings. The van der Waals surface area contributed by atoms with Crippen LogP contribution in [0.15, 0.2) is 48.5 Å². The van der Waals surface area contributed by atoms with E-state index < -0.39 is 92.8 Å². The Bertz CT molecular complexity index is 1270. The summed E-state index contributed by atoms with van der Waals surface area (Å²) in [5.41, 5.74) is -1.18. The molecular formula is C25H37NO4. The van der Waals surface area contributed by atoms with Crippen LogP contribution in [0.25, 0.3) is 0 Å². The van der Waals surface area contributed by atoms with Crippen LogP contribution in [0.1, 0.15) is 80.4 Å². The third-order valence-electron chi connectivity index (χ3n) is 3.95. The molecule has 166 valence electrons. The van der Waals surface area contributed by atoms with E-state index >= 15 is 0 Å². The standard InChI is InChI=1S/C25H37NO4/c27-20-23-18-22(13-14-24(23)28)25(29)19-26-15-7-1-2-8-16-30-17-9-6-12-21-10-4-3-5-11-21/h3-5,10-11,13-14,18,25-29H,1-2,6-9,12,15-17,19-20H2/i7D2,8D2,13D,14D,15D2,16D2,18D,20D2,25D. The molecule has 0 aliphatic heterocycles. The minimum absolute atomic E-state index is 0.108. The molecule has 0 fully saturated rings. The molecule has 2 rings (SSSR count). The van der Waals surface area contributed by atoms with Crippen LogP contribution in [0.2, 0.25) is 0 Å². The summed E-state index contributed by atoms with van der Waals surface area (Å²) in [6, 6.07) is 6.15. The van der Waals surface area contributed by atoms with Crippen molar-refractivity contribution in [1.82, 2.24) is 5.32 Å². The van der Waals surface area contributed by atoms with Crippen molar-refractivity contribution in [2.24, 2.45) is 0 Å². The molecule has 1 unspecified atom stereocenters. The number of aliphatic hydroxyl groups is 2. The highest BCUT2D eigenvalue weighted by molar-refractivity contribution is 5.36. The third kappa shape index (κ3) is 9.72. The summed E-state index contributed by atoms with van der Waals surface area (Å²) in [5, 5.41) is 32.3. The van der Waals surface area contributed by atoms with Crippen molar-refractivity contribution >= 4 is 0 Å². The molecule has 30 heavy (non-hydrogen) atoms. The van der Waals surface area contributed by atoms with Crippen LogP contribution in [-0.4, -0.2) is 41.5 Å². The molecule has 0 bridgehead atoms. The number of rotatable bonds is 16. The van der Waals surface area contributed by atoms with Crippen LogP contribution in [0, 0.1) is 0 Å². The highest BCUT2D eigenvalue weighted by atomic mass is 16.5. The number of hydrogen-bond acceptors (Lipinski definition) is 5. The number of phenols is 1. The normalized spacial score (nSPS) is 22.5. The fourth-order valence-electron chi connectivity index (χ4n) is 2.39. The zero-order chi connectivity index (χ0) is 33.9. The van der Waals surface area contributed by atoms with Crippen LogP contribution in [0.4, 0.5) is 0 Å². The maximum absolute atomic E-state index is 10.7. The van der Waals surface area contributed by atoms with Crippen molar-refractivity contribution in [3.05, 3.63) is 65.1 Å². The lowest BCUT2D eigenvalue weighted by Gasteiger charge is -2.14. The number of hydrogen-bond donors (Lipinski definition) is 4. The highest BCUT2D eigenvalue weighted by Crippen LogP contribution is 2.22. The van der Waals surface area contributed by atoms with Gasteiger partial charge in [0.2, 0.25) is 0 Å². The quantitative estimate of drug-likeness (QED) is 0.302. The Morgan fingerprint density at radius 1 is 1.10 bits per heavy atom. The fourth-order valence-corrected chi connectivity index (χ4v) is 2.39. The molecule has 1 atom stereocenters. The summed E-state index contributed by atoms with van der Waals surface area (Å²) in [5.74, 6) is -1.27. The maximum atomic E-state index is 10.7. The average Bonchev–Trinajstić information content (AvgIpc) is 2.89. The van der Waals surface area contributed by atoms with Gasteiger partial charge in [0, 0.05) is 33.5 Å². The van der Waals surface area contributed by atoms with E-state index in [0.29, 0.717) is 12.8 Å². The molecule has 0 aromatic heterocycles. The van der Waals surface area contributed by atoms with Gasteiger partial charge in [-0.05, 0) is 61.7 Å². The van der Waals surface area contributed by atoms with Crippen LogP contribution in [-0.2, 0) is 17.7 Å². The van der Waals surface area contributed by atoms with Gasteiger partial charge in [-0.25, -0.2) is 0 Å². The minimum atomic E-state index is -3.41. The largest absolute Gasteiger partial charge is 0.508 e.